The Morgan fingerprint density at radius 3 is 2.29 bits per heavy atom. The number of amides is 1. The van der Waals surface area contributed by atoms with Gasteiger partial charge in [-0.05, 0) is 17.0 Å². The lowest BCUT2D eigenvalue weighted by atomic mass is 9.94. The average Bonchev–Trinajstić information content (AvgIpc) is 2.13. The Labute approximate surface area is 84.3 Å². The minimum Gasteiger partial charge on any atom is -0.349 e. The molecule has 1 N–H and O–H groups in total. The van der Waals surface area contributed by atoms with Crippen molar-refractivity contribution in [3.05, 3.63) is 35.4 Å². The van der Waals surface area contributed by atoms with Gasteiger partial charge in [0.05, 0.1) is 12.5 Å². The lowest BCUT2D eigenvalue weighted by molar-refractivity contribution is -0.128. The second-order valence-electron chi connectivity index (χ2n) is 4.15. The van der Waals surface area contributed by atoms with Crippen LogP contribution in [0, 0.1) is 0 Å². The van der Waals surface area contributed by atoms with Crippen molar-refractivity contribution in [2.45, 2.75) is 32.2 Å². The van der Waals surface area contributed by atoms with Gasteiger partial charge in [-0.1, -0.05) is 38.1 Å². The molecule has 1 unspecified atom stereocenters. The maximum Gasteiger partial charge on any atom is 0.222 e. The van der Waals surface area contributed by atoms with Gasteiger partial charge < -0.3 is 5.32 Å². The van der Waals surface area contributed by atoms with Gasteiger partial charge in [-0.25, -0.2) is 0 Å². The van der Waals surface area contributed by atoms with Crippen molar-refractivity contribution in [1.82, 2.24) is 5.32 Å². The highest BCUT2D eigenvalue weighted by molar-refractivity contribution is 5.83. The molecule has 74 valence electrons. The monoisotopic (exact) mass is 189 g/mol. The zero-order chi connectivity index (χ0) is 10.1. The Kier molecular flexibility index (Phi) is 2.28. The molecule has 1 aliphatic heterocycles. The summed E-state index contributed by atoms with van der Waals surface area (Å²) in [4.78, 5) is 10.7. The lowest BCUT2D eigenvalue weighted by Crippen LogP contribution is -2.41. The Hall–Kier alpha value is -1.31. The van der Waals surface area contributed by atoms with Gasteiger partial charge >= 0.3 is 0 Å². The predicted molar refractivity (Wildman–Crippen MR) is 56.0 cm³/mol. The van der Waals surface area contributed by atoms with Crippen molar-refractivity contribution >= 4 is 5.91 Å². The molecule has 2 nitrogen and oxygen atoms in total. The van der Waals surface area contributed by atoms with Crippen molar-refractivity contribution < 1.29 is 4.79 Å². The average molecular weight is 189 g/mol. The summed E-state index contributed by atoms with van der Waals surface area (Å²) >= 11 is 0. The third-order valence-electron chi connectivity index (χ3n) is 2.73. The topological polar surface area (TPSA) is 29.1 Å². The van der Waals surface area contributed by atoms with Gasteiger partial charge in [-0.3, -0.25) is 4.79 Å². The first kappa shape index (κ1) is 9.25. The normalized spacial score (nSPS) is 20.5. The second-order valence-corrected chi connectivity index (χ2v) is 4.15. The molecule has 1 aromatic rings. The first-order chi connectivity index (χ1) is 6.66. The van der Waals surface area contributed by atoms with Gasteiger partial charge in [0.25, 0.3) is 0 Å². The zero-order valence-electron chi connectivity index (χ0n) is 8.58. The number of nitrogens with one attached hydrogen (secondary N) is 1. The molecule has 0 spiro atoms. The molecule has 0 radical (unpaired) electrons. The summed E-state index contributed by atoms with van der Waals surface area (Å²) in [6.45, 7) is 4.36. The number of carbonyl (C=O) groups is 1. The summed E-state index contributed by atoms with van der Waals surface area (Å²) in [5.74, 6) is 0.725. The largest absolute Gasteiger partial charge is 0.349 e. The number of carbonyl (C=O) groups excluding carboxylic acids is 1. The standard InChI is InChI=1S/C12H15NO/c1-8(2)9-3-5-10(6-4-9)11-7-12(14)13-11/h3-6,8,11H,7H2,1-2H3,(H,13,14). The van der Waals surface area contributed by atoms with Gasteiger partial charge in [-0.15, -0.1) is 0 Å². The first-order valence-corrected chi connectivity index (χ1v) is 5.06. The van der Waals surface area contributed by atoms with Crippen LogP contribution in [0.4, 0.5) is 0 Å². The summed E-state index contributed by atoms with van der Waals surface area (Å²) in [6, 6.07) is 8.76. The number of hydrogen-bond donors (Lipinski definition) is 1. The van der Waals surface area contributed by atoms with E-state index in [0.29, 0.717) is 12.3 Å². The molecular weight excluding hydrogens is 174 g/mol. The first-order valence-electron chi connectivity index (χ1n) is 5.06. The molecule has 1 aromatic carbocycles. The van der Waals surface area contributed by atoms with Crippen LogP contribution in [0.25, 0.3) is 0 Å². The zero-order valence-corrected chi connectivity index (χ0v) is 8.58. The molecule has 2 rings (SSSR count). The van der Waals surface area contributed by atoms with E-state index >= 15 is 0 Å². The van der Waals surface area contributed by atoms with E-state index in [0.717, 1.165) is 0 Å². The van der Waals surface area contributed by atoms with E-state index in [2.05, 4.69) is 43.4 Å². The SMILES string of the molecule is CC(C)c1ccc(C2CC(=O)N2)cc1. The van der Waals surface area contributed by atoms with Crippen LogP contribution in [0.15, 0.2) is 24.3 Å². The maximum absolute atomic E-state index is 10.7. The molecular formula is C12H15NO. The Balaban J connectivity index is 2.10. The highest BCUT2D eigenvalue weighted by atomic mass is 16.2. The Morgan fingerprint density at radius 2 is 1.86 bits per heavy atom. The fourth-order valence-corrected chi connectivity index (χ4v) is 1.67. The molecule has 1 aliphatic rings. The van der Waals surface area contributed by atoms with Crippen molar-refractivity contribution in [3.63, 3.8) is 0 Å². The van der Waals surface area contributed by atoms with Crippen LogP contribution in [0.5, 0.6) is 0 Å². The fourth-order valence-electron chi connectivity index (χ4n) is 1.67. The molecule has 1 heterocycles. The van der Waals surface area contributed by atoms with Crippen molar-refractivity contribution in [2.75, 3.05) is 0 Å². The van der Waals surface area contributed by atoms with Gasteiger partial charge in [0, 0.05) is 0 Å². The molecule has 1 saturated heterocycles. The van der Waals surface area contributed by atoms with E-state index in [9.17, 15) is 4.79 Å². The van der Waals surface area contributed by atoms with Crippen LogP contribution >= 0.6 is 0 Å². The summed E-state index contributed by atoms with van der Waals surface area (Å²) in [6.07, 6.45) is 0.640. The summed E-state index contributed by atoms with van der Waals surface area (Å²) in [7, 11) is 0. The lowest BCUT2D eigenvalue weighted by Gasteiger charge is -2.27. The van der Waals surface area contributed by atoms with E-state index in [1.807, 2.05) is 0 Å². The maximum atomic E-state index is 10.7. The molecule has 1 amide bonds. The fraction of sp³-hybridized carbons (Fsp3) is 0.417. The highest BCUT2D eigenvalue weighted by Gasteiger charge is 2.26. The van der Waals surface area contributed by atoms with E-state index in [-0.39, 0.29) is 11.9 Å². The number of β-lactam (4-membered cyclic amide) rings is 1. The summed E-state index contributed by atoms with van der Waals surface area (Å²) < 4.78 is 0. The van der Waals surface area contributed by atoms with E-state index in [1.165, 1.54) is 11.1 Å². The molecule has 1 atom stereocenters. The van der Waals surface area contributed by atoms with Crippen LogP contribution < -0.4 is 5.32 Å². The van der Waals surface area contributed by atoms with Gasteiger partial charge in [0.2, 0.25) is 5.91 Å². The Bertz CT molecular complexity index is 332. The molecule has 14 heavy (non-hydrogen) atoms. The molecule has 2 heteroatoms. The third-order valence-corrected chi connectivity index (χ3v) is 2.73. The molecule has 0 bridgehead atoms. The van der Waals surface area contributed by atoms with Crippen LogP contribution in [0.3, 0.4) is 0 Å². The predicted octanol–water partition coefficient (Wildman–Crippen LogP) is 2.37. The van der Waals surface area contributed by atoms with Crippen LogP contribution in [0.2, 0.25) is 0 Å². The van der Waals surface area contributed by atoms with E-state index < -0.39 is 0 Å². The minimum absolute atomic E-state index is 0.155. The quantitative estimate of drug-likeness (QED) is 0.711. The molecule has 1 fully saturated rings. The van der Waals surface area contributed by atoms with Crippen LogP contribution in [-0.4, -0.2) is 5.91 Å². The van der Waals surface area contributed by atoms with Crippen molar-refractivity contribution in [2.24, 2.45) is 0 Å². The van der Waals surface area contributed by atoms with Crippen molar-refractivity contribution in [1.29, 1.82) is 0 Å². The second kappa shape index (κ2) is 3.45. The van der Waals surface area contributed by atoms with E-state index in [4.69, 9.17) is 0 Å². The Morgan fingerprint density at radius 1 is 1.29 bits per heavy atom. The summed E-state index contributed by atoms with van der Waals surface area (Å²) in [5, 5.41) is 2.87. The third kappa shape index (κ3) is 1.65. The van der Waals surface area contributed by atoms with Crippen molar-refractivity contribution in [3.8, 4) is 0 Å². The van der Waals surface area contributed by atoms with Crippen LogP contribution in [-0.2, 0) is 4.79 Å². The van der Waals surface area contributed by atoms with Crippen LogP contribution in [0.1, 0.15) is 43.4 Å². The number of rotatable bonds is 2. The molecule has 0 saturated carbocycles. The van der Waals surface area contributed by atoms with Gasteiger partial charge in [0.1, 0.15) is 0 Å². The van der Waals surface area contributed by atoms with Gasteiger partial charge in [-0.2, -0.15) is 0 Å². The smallest absolute Gasteiger partial charge is 0.222 e. The number of hydrogen-bond acceptors (Lipinski definition) is 1. The van der Waals surface area contributed by atoms with Gasteiger partial charge in [0.15, 0.2) is 0 Å². The highest BCUT2D eigenvalue weighted by Crippen LogP contribution is 2.25. The number of benzene rings is 1. The summed E-state index contributed by atoms with van der Waals surface area (Å²) in [5.41, 5.74) is 2.56. The molecule has 0 aromatic heterocycles. The molecule has 0 aliphatic carbocycles. The minimum atomic E-state index is 0.155. The van der Waals surface area contributed by atoms with E-state index in [1.54, 1.807) is 0 Å².